The van der Waals surface area contributed by atoms with Gasteiger partial charge in [0.15, 0.2) is 5.78 Å². The van der Waals surface area contributed by atoms with Gasteiger partial charge in [-0.05, 0) is 73.5 Å². The van der Waals surface area contributed by atoms with Crippen LogP contribution >= 0.6 is 0 Å². The Balaban J connectivity index is 0.000000384. The molecular formula is C43H58IrNO2Si-. The third-order valence-electron chi connectivity index (χ3n) is 10.5. The molecule has 0 saturated carbocycles. The molecule has 4 aromatic rings. The normalized spacial score (nSPS) is 12.3. The number of aromatic nitrogens is 1. The maximum absolute atomic E-state index is 12.2. The van der Waals surface area contributed by atoms with Gasteiger partial charge in [-0.2, -0.15) is 0 Å². The molecule has 0 unspecified atom stereocenters. The Kier molecular flexibility index (Phi) is 14.4. The van der Waals surface area contributed by atoms with Crippen molar-refractivity contribution < 1.29 is 30.0 Å². The zero-order valence-electron chi connectivity index (χ0n) is 31.7. The molecule has 1 heterocycles. The smallest absolute Gasteiger partial charge is 0.164 e. The Bertz CT molecular complexity index is 1720. The minimum atomic E-state index is -1.43. The second-order valence-corrected chi connectivity index (χ2v) is 20.1. The van der Waals surface area contributed by atoms with Gasteiger partial charge in [-0.3, -0.25) is 9.78 Å². The Hall–Kier alpha value is -2.85. The van der Waals surface area contributed by atoms with Crippen molar-refractivity contribution in [2.75, 3.05) is 0 Å². The van der Waals surface area contributed by atoms with Crippen LogP contribution in [0, 0.1) is 44.6 Å². The summed E-state index contributed by atoms with van der Waals surface area (Å²) in [5.74, 6) is 0.286. The number of hydrogen-bond acceptors (Lipinski definition) is 3. The summed E-state index contributed by atoms with van der Waals surface area (Å²) in [7, 11) is -1.43. The monoisotopic (exact) mass is 841 g/mol. The molecule has 48 heavy (non-hydrogen) atoms. The number of aliphatic hydroxyl groups is 1. The van der Waals surface area contributed by atoms with Gasteiger partial charge in [-0.25, -0.2) is 0 Å². The number of carbonyl (C=O) groups is 1. The first kappa shape index (κ1) is 41.3. The van der Waals surface area contributed by atoms with E-state index in [2.05, 4.69) is 108 Å². The molecule has 0 bridgehead atoms. The summed E-state index contributed by atoms with van der Waals surface area (Å²) in [5, 5.41) is 12.9. The molecule has 0 aliphatic carbocycles. The van der Waals surface area contributed by atoms with Crippen molar-refractivity contribution in [3.63, 3.8) is 0 Å². The number of fused-ring (bicyclic) bond motifs is 1. The van der Waals surface area contributed by atoms with Gasteiger partial charge in [0, 0.05) is 42.4 Å². The van der Waals surface area contributed by atoms with Crippen molar-refractivity contribution in [1.82, 2.24) is 4.98 Å². The van der Waals surface area contributed by atoms with Crippen molar-refractivity contribution in [3.05, 3.63) is 94.8 Å². The van der Waals surface area contributed by atoms with Crippen LogP contribution in [0.15, 0.2) is 66.4 Å². The zero-order chi connectivity index (χ0) is 35.3. The summed E-state index contributed by atoms with van der Waals surface area (Å²) in [6, 6.07) is 23.6. The molecule has 0 atom stereocenters. The summed E-state index contributed by atoms with van der Waals surface area (Å²) in [4.78, 5) is 17.3. The molecule has 1 radical (unpaired) electrons. The molecule has 0 amide bonds. The number of nitrogens with zero attached hydrogens (tertiary/aromatic N) is 1. The SMILES string of the molecule is CCC(C)(CC)C(=O)/C=C(\O)C(C)(CC)CC.Cc1[c-]c(-c2cc(-c3c(C)cccc3C)c3cc([Si](C)(C)C)ccc3n2)cc(C)c1.[Ir]. The third-order valence-corrected chi connectivity index (χ3v) is 12.5. The molecule has 4 rings (SSSR count). The second-order valence-electron chi connectivity index (χ2n) is 15.0. The van der Waals surface area contributed by atoms with E-state index in [9.17, 15) is 9.90 Å². The molecule has 261 valence electrons. The van der Waals surface area contributed by atoms with Gasteiger partial charge < -0.3 is 5.11 Å². The largest absolute Gasteiger partial charge is 0.512 e. The molecule has 0 saturated heterocycles. The van der Waals surface area contributed by atoms with Crippen molar-refractivity contribution >= 4 is 29.9 Å². The summed E-state index contributed by atoms with van der Waals surface area (Å²) >= 11 is 0. The van der Waals surface area contributed by atoms with E-state index in [0.717, 1.165) is 48.0 Å². The maximum Gasteiger partial charge on any atom is 0.164 e. The van der Waals surface area contributed by atoms with Gasteiger partial charge in [0.2, 0.25) is 0 Å². The van der Waals surface area contributed by atoms with E-state index in [-0.39, 0.29) is 42.5 Å². The number of aryl methyl sites for hydroxylation is 4. The number of allylic oxidation sites excluding steroid dienone is 2. The van der Waals surface area contributed by atoms with E-state index in [1.807, 2.05) is 41.5 Å². The van der Waals surface area contributed by atoms with Crippen LogP contribution in [0.1, 0.15) is 89.5 Å². The number of aliphatic hydroxyl groups excluding tert-OH is 1. The van der Waals surface area contributed by atoms with Crippen molar-refractivity contribution in [1.29, 1.82) is 0 Å². The maximum atomic E-state index is 12.2. The molecule has 0 aliphatic rings. The average Bonchev–Trinajstić information content (AvgIpc) is 3.02. The number of benzene rings is 3. The number of ketones is 1. The Morgan fingerprint density at radius 3 is 1.90 bits per heavy atom. The van der Waals surface area contributed by atoms with Gasteiger partial charge in [0.1, 0.15) is 5.76 Å². The van der Waals surface area contributed by atoms with Crippen LogP contribution in [0.25, 0.3) is 33.3 Å². The van der Waals surface area contributed by atoms with Crippen LogP contribution < -0.4 is 5.19 Å². The van der Waals surface area contributed by atoms with Crippen LogP contribution in [0.3, 0.4) is 0 Å². The van der Waals surface area contributed by atoms with Gasteiger partial charge in [-0.15, -0.1) is 34.9 Å². The zero-order valence-corrected chi connectivity index (χ0v) is 35.1. The van der Waals surface area contributed by atoms with Gasteiger partial charge >= 0.3 is 0 Å². The van der Waals surface area contributed by atoms with Crippen LogP contribution in [0.4, 0.5) is 0 Å². The average molecular weight is 841 g/mol. The predicted octanol–water partition coefficient (Wildman–Crippen LogP) is 11.8. The molecule has 5 heteroatoms. The Morgan fingerprint density at radius 2 is 1.40 bits per heavy atom. The molecule has 3 nitrogen and oxygen atoms in total. The number of pyridine rings is 1. The van der Waals surface area contributed by atoms with Crippen molar-refractivity contribution in [3.8, 4) is 22.4 Å². The van der Waals surface area contributed by atoms with Crippen LogP contribution in [0.5, 0.6) is 0 Å². The fourth-order valence-corrected chi connectivity index (χ4v) is 7.15. The third kappa shape index (κ3) is 9.43. The number of rotatable bonds is 10. The number of hydrogen-bond donors (Lipinski definition) is 1. The van der Waals surface area contributed by atoms with Crippen molar-refractivity contribution in [2.45, 2.75) is 115 Å². The molecule has 0 spiro atoms. The Labute approximate surface area is 306 Å². The van der Waals surface area contributed by atoms with E-state index < -0.39 is 8.07 Å². The standard InChI is InChI=1S/C28H30NSi.C15H28O2.Ir/c1-18-13-19(2)15-22(14-18)27-17-25(28-20(3)9-8-10-21(28)4)24-16-23(30(5,6)7)11-12-26(24)29-27;1-7-14(5,8-2)12(16)11-13(17)15(6,9-3)10-4;/h8-14,16-17H,1-7H3;11,16H,7-10H2,1-6H3;/q-1;;/b;12-11-;. The predicted molar refractivity (Wildman–Crippen MR) is 206 cm³/mol. The fourth-order valence-electron chi connectivity index (χ4n) is 5.99. The first-order valence-electron chi connectivity index (χ1n) is 17.4. The first-order chi connectivity index (χ1) is 21.9. The van der Waals surface area contributed by atoms with E-state index >= 15 is 0 Å². The van der Waals surface area contributed by atoms with E-state index in [4.69, 9.17) is 4.98 Å². The van der Waals surface area contributed by atoms with Gasteiger partial charge in [0.25, 0.3) is 0 Å². The van der Waals surface area contributed by atoms with Crippen molar-refractivity contribution in [2.24, 2.45) is 10.8 Å². The van der Waals surface area contributed by atoms with Crippen LogP contribution in [0.2, 0.25) is 19.6 Å². The molecule has 1 N–H and O–H groups in total. The van der Waals surface area contributed by atoms with Gasteiger partial charge in [0.05, 0.1) is 13.6 Å². The Morgan fingerprint density at radius 1 is 0.833 bits per heavy atom. The summed E-state index contributed by atoms with van der Waals surface area (Å²) in [6.07, 6.45) is 4.75. The van der Waals surface area contributed by atoms with E-state index in [0.29, 0.717) is 0 Å². The first-order valence-corrected chi connectivity index (χ1v) is 20.9. The van der Waals surface area contributed by atoms with E-state index in [1.165, 1.54) is 44.5 Å². The minimum absolute atomic E-state index is 0. The minimum Gasteiger partial charge on any atom is -0.512 e. The second kappa shape index (κ2) is 16.7. The van der Waals surface area contributed by atoms with Crippen LogP contribution in [-0.4, -0.2) is 23.9 Å². The fraction of sp³-hybridized carbons (Fsp3) is 0.442. The topological polar surface area (TPSA) is 50.2 Å². The molecule has 3 aromatic carbocycles. The number of carbonyl (C=O) groups excluding carboxylic acids is 1. The summed E-state index contributed by atoms with van der Waals surface area (Å²) < 4.78 is 0. The summed E-state index contributed by atoms with van der Waals surface area (Å²) in [6.45, 7) is 27.9. The molecule has 0 fully saturated rings. The van der Waals surface area contributed by atoms with Gasteiger partial charge in [-0.1, -0.05) is 117 Å². The molecule has 1 aromatic heterocycles. The summed E-state index contributed by atoms with van der Waals surface area (Å²) in [5.41, 5.74) is 10.1. The van der Waals surface area contributed by atoms with Crippen LogP contribution in [-0.2, 0) is 24.9 Å². The quantitative estimate of drug-likeness (QED) is 0.0749. The molecule has 0 aliphatic heterocycles. The van der Waals surface area contributed by atoms with E-state index in [1.54, 1.807) is 0 Å². The molecular weight excluding hydrogens is 783 g/mol.